The molecule has 0 amide bonds. The van der Waals surface area contributed by atoms with E-state index in [1.807, 2.05) is 0 Å². The van der Waals surface area contributed by atoms with Crippen LogP contribution in [0.25, 0.3) is 11.6 Å². The molecule has 0 saturated carbocycles. The Balaban J connectivity index is 0.000000304. The molecule has 0 aliphatic heterocycles. The molecule has 0 nitrogen and oxygen atoms in total. The van der Waals surface area contributed by atoms with Gasteiger partial charge in [0, 0.05) is 0 Å². The zero-order chi connectivity index (χ0) is 31.7. The molecule has 6 rings (SSSR count). The third kappa shape index (κ3) is 7.38. The van der Waals surface area contributed by atoms with E-state index in [9.17, 15) is 0 Å². The first-order valence-electron chi connectivity index (χ1n) is 16.2. The summed E-state index contributed by atoms with van der Waals surface area (Å²) in [6.07, 6.45) is 16.6. The summed E-state index contributed by atoms with van der Waals surface area (Å²) in [5.74, 6) is 0. The fourth-order valence-corrected chi connectivity index (χ4v) is 7.80. The van der Waals surface area contributed by atoms with E-state index in [1.165, 1.54) is 82.4 Å². The van der Waals surface area contributed by atoms with Gasteiger partial charge in [-0.3, -0.25) is 0 Å². The van der Waals surface area contributed by atoms with Crippen LogP contribution in [0.15, 0.2) is 125 Å². The summed E-state index contributed by atoms with van der Waals surface area (Å²) in [7, 11) is 0. The normalized spacial score (nSPS) is 18.2. The molecule has 1 atom stereocenters. The standard InChI is InChI=1S/C30H37.C13H10.2ClH.Zr/c1-9-20-19-30(10-2,29(6,7)8)27(21-13-11-12-14-21)25-18-22-17-23(28(3,4)5)15-16-24(22)26(20)25;1-3-7-12(8-4-1)11-13-9-5-2-6-10-13;;;/h11-13,15-17,19H,9-10,14H2,1-8H3;1-10H;2*1H;/q-1;;;;+2/p-2. The van der Waals surface area contributed by atoms with Gasteiger partial charge in [0.2, 0.25) is 0 Å². The van der Waals surface area contributed by atoms with Gasteiger partial charge in [0.1, 0.15) is 0 Å². The van der Waals surface area contributed by atoms with E-state index in [1.54, 1.807) is 0 Å². The molecule has 0 saturated heterocycles. The van der Waals surface area contributed by atoms with E-state index >= 15 is 0 Å². The van der Waals surface area contributed by atoms with Gasteiger partial charge in [0.05, 0.1) is 0 Å². The zero-order valence-corrected chi connectivity index (χ0v) is 32.7. The number of fused-ring (bicyclic) bond motifs is 2. The first kappa shape index (κ1) is 38.1. The van der Waals surface area contributed by atoms with Crippen LogP contribution in [0.2, 0.25) is 0 Å². The SMILES string of the molecule is CCC1=CC(CC)(C(C)(C)C)C(C2=CC=CC2)=C2[C-]=c3cc(C(C)(C)C)ccc3=C12.[Cl-].[Cl-].[Zr+2]=[C](c1ccccc1)c1ccccc1. The van der Waals surface area contributed by atoms with Gasteiger partial charge in [-0.25, -0.2) is 0 Å². The van der Waals surface area contributed by atoms with Crippen molar-refractivity contribution in [2.24, 2.45) is 10.8 Å². The molecule has 3 aliphatic carbocycles. The molecule has 46 heavy (non-hydrogen) atoms. The maximum absolute atomic E-state index is 3.93. The van der Waals surface area contributed by atoms with Gasteiger partial charge >= 0.3 is 99.2 Å². The van der Waals surface area contributed by atoms with Crippen molar-refractivity contribution >= 4 is 14.9 Å². The molecule has 0 heterocycles. The van der Waals surface area contributed by atoms with Gasteiger partial charge in [0.15, 0.2) is 0 Å². The first-order chi connectivity index (χ1) is 20.9. The monoisotopic (exact) mass is 723 g/mol. The number of halogens is 2. The Hall–Kier alpha value is -2.31. The van der Waals surface area contributed by atoms with Crippen LogP contribution in [0.5, 0.6) is 0 Å². The van der Waals surface area contributed by atoms with E-state index in [0.717, 1.165) is 19.3 Å². The van der Waals surface area contributed by atoms with Gasteiger partial charge in [-0.15, -0.1) is 33.7 Å². The Kier molecular flexibility index (Phi) is 12.7. The molecule has 0 radical (unpaired) electrons. The topological polar surface area (TPSA) is 0 Å². The van der Waals surface area contributed by atoms with E-state index in [2.05, 4.69) is 165 Å². The molecule has 0 N–H and O–H groups in total. The van der Waals surface area contributed by atoms with E-state index in [4.69, 9.17) is 0 Å². The fourth-order valence-electron chi connectivity index (χ4n) is 6.99. The zero-order valence-electron chi connectivity index (χ0n) is 28.7. The number of benzene rings is 3. The molecule has 3 aromatic rings. The fraction of sp³-hybridized carbons (Fsp3) is 0.326. The predicted molar refractivity (Wildman–Crippen MR) is 187 cm³/mol. The van der Waals surface area contributed by atoms with Gasteiger partial charge < -0.3 is 24.8 Å². The average molecular weight is 726 g/mol. The van der Waals surface area contributed by atoms with E-state index < -0.39 is 0 Å². The Bertz CT molecular complexity index is 1770. The summed E-state index contributed by atoms with van der Waals surface area (Å²) in [6.45, 7) is 18.8. The molecule has 3 aromatic carbocycles. The van der Waals surface area contributed by atoms with E-state index in [-0.39, 0.29) is 41.1 Å². The third-order valence-electron chi connectivity index (χ3n) is 9.60. The van der Waals surface area contributed by atoms with Crippen molar-refractivity contribution in [3.05, 3.63) is 153 Å². The summed E-state index contributed by atoms with van der Waals surface area (Å²) >= 11 is 1.46. The second-order valence-corrected chi connectivity index (χ2v) is 15.5. The number of hydrogen-bond donors (Lipinski definition) is 0. The Morgan fingerprint density at radius 1 is 0.826 bits per heavy atom. The van der Waals surface area contributed by atoms with Gasteiger partial charge in [-0.05, 0) is 35.5 Å². The van der Waals surface area contributed by atoms with Crippen molar-refractivity contribution in [3.8, 4) is 0 Å². The van der Waals surface area contributed by atoms with Crippen molar-refractivity contribution in [2.45, 2.75) is 80.1 Å². The molecule has 0 spiro atoms. The predicted octanol–water partition coefficient (Wildman–Crippen LogP) is 3.59. The molecule has 3 heteroatoms. The quantitative estimate of drug-likeness (QED) is 0.353. The number of allylic oxidation sites excluding steroid dienone is 8. The summed E-state index contributed by atoms with van der Waals surface area (Å²) in [5.41, 5.74) is 11.6. The maximum atomic E-state index is 3.93. The summed E-state index contributed by atoms with van der Waals surface area (Å²) in [6, 6.07) is 28.2. The van der Waals surface area contributed by atoms with Crippen LogP contribution in [-0.4, -0.2) is 3.21 Å². The Morgan fingerprint density at radius 3 is 1.87 bits per heavy atom. The van der Waals surface area contributed by atoms with Crippen molar-refractivity contribution in [1.82, 2.24) is 0 Å². The van der Waals surface area contributed by atoms with Crippen LogP contribution in [0.4, 0.5) is 0 Å². The second-order valence-electron chi connectivity index (χ2n) is 14.3. The molecule has 1 unspecified atom stereocenters. The van der Waals surface area contributed by atoms with Crippen LogP contribution in [0.3, 0.4) is 0 Å². The van der Waals surface area contributed by atoms with Crippen LogP contribution >= 0.6 is 0 Å². The molecule has 238 valence electrons. The van der Waals surface area contributed by atoms with Crippen LogP contribution in [-0.2, 0) is 29.7 Å². The summed E-state index contributed by atoms with van der Waals surface area (Å²) in [4.78, 5) is 0. The van der Waals surface area contributed by atoms with E-state index in [0.29, 0.717) is 0 Å². The molecule has 0 fully saturated rings. The van der Waals surface area contributed by atoms with Crippen LogP contribution in [0, 0.1) is 10.8 Å². The van der Waals surface area contributed by atoms with Crippen molar-refractivity contribution in [1.29, 1.82) is 0 Å². The number of hydrogen-bond acceptors (Lipinski definition) is 0. The minimum atomic E-state index is 0. The first-order valence-corrected chi connectivity index (χ1v) is 17.5. The van der Waals surface area contributed by atoms with Gasteiger partial charge in [-0.1, -0.05) is 114 Å². The van der Waals surface area contributed by atoms with Crippen LogP contribution < -0.4 is 35.3 Å². The molecular weight excluding hydrogens is 679 g/mol. The summed E-state index contributed by atoms with van der Waals surface area (Å²) < 4.78 is 1.42. The van der Waals surface area contributed by atoms with Crippen molar-refractivity contribution in [2.75, 3.05) is 0 Å². The Morgan fingerprint density at radius 2 is 1.41 bits per heavy atom. The number of rotatable bonds is 5. The molecule has 3 aliphatic rings. The summed E-state index contributed by atoms with van der Waals surface area (Å²) in [5, 5.41) is 2.64. The van der Waals surface area contributed by atoms with Gasteiger partial charge in [0.25, 0.3) is 0 Å². The molecular formula is C43H47Cl2Zr-. The van der Waals surface area contributed by atoms with Crippen molar-refractivity contribution in [3.63, 3.8) is 0 Å². The van der Waals surface area contributed by atoms with Crippen LogP contribution in [0.1, 0.15) is 91.3 Å². The minimum absolute atomic E-state index is 0. The average Bonchev–Trinajstić information content (AvgIpc) is 3.68. The molecule has 0 bridgehead atoms. The van der Waals surface area contributed by atoms with Crippen molar-refractivity contribution < 1.29 is 49.0 Å². The Labute approximate surface area is 305 Å². The molecule has 0 aromatic heterocycles. The van der Waals surface area contributed by atoms with Gasteiger partial charge in [-0.2, -0.15) is 0 Å². The third-order valence-corrected chi connectivity index (χ3v) is 11.0. The second kappa shape index (κ2) is 15.3.